The van der Waals surface area contributed by atoms with Gasteiger partial charge in [-0.2, -0.15) is 14.0 Å². The van der Waals surface area contributed by atoms with Gasteiger partial charge in [0.25, 0.3) is 0 Å². The second-order valence-electron chi connectivity index (χ2n) is 4.76. The summed E-state index contributed by atoms with van der Waals surface area (Å²) in [7, 11) is 1.27. The molecule has 0 saturated heterocycles. The summed E-state index contributed by atoms with van der Waals surface area (Å²) in [6, 6.07) is 10.7. The molecule has 8 heteroatoms. The van der Waals surface area contributed by atoms with E-state index in [1.54, 1.807) is 12.1 Å². The monoisotopic (exact) mass is 367 g/mol. The van der Waals surface area contributed by atoms with E-state index in [9.17, 15) is 13.6 Å². The van der Waals surface area contributed by atoms with Crippen molar-refractivity contribution in [3.8, 4) is 17.6 Å². The van der Waals surface area contributed by atoms with Gasteiger partial charge in [0, 0.05) is 0 Å². The molecule has 0 amide bonds. The van der Waals surface area contributed by atoms with Gasteiger partial charge in [-0.3, -0.25) is 0 Å². The predicted molar refractivity (Wildman–Crippen MR) is 84.9 cm³/mol. The van der Waals surface area contributed by atoms with E-state index in [-0.39, 0.29) is 28.7 Å². The number of alkyl halides is 2. The molecule has 0 spiro atoms. The summed E-state index contributed by atoms with van der Waals surface area (Å²) in [6.45, 7) is -3.22. The molecule has 0 unspecified atom stereocenters. The van der Waals surface area contributed by atoms with Crippen LogP contribution in [0.3, 0.4) is 0 Å². The number of hydrogen-bond acceptors (Lipinski definition) is 5. The van der Waals surface area contributed by atoms with Crippen LogP contribution >= 0.6 is 11.6 Å². The third-order valence-electron chi connectivity index (χ3n) is 3.09. The molecule has 0 aromatic heterocycles. The fourth-order valence-electron chi connectivity index (χ4n) is 2.01. The van der Waals surface area contributed by atoms with E-state index in [0.717, 1.165) is 0 Å². The highest BCUT2D eigenvalue weighted by molar-refractivity contribution is 6.32. The van der Waals surface area contributed by atoms with Crippen LogP contribution in [0.1, 0.15) is 21.5 Å². The van der Waals surface area contributed by atoms with Crippen LogP contribution in [0.15, 0.2) is 36.4 Å². The SMILES string of the molecule is COc1cc(COC(=O)c2cccc(C#N)c2)cc(Cl)c1OC(F)F. The number of carbonyl (C=O) groups excluding carboxylic acids is 1. The Hall–Kier alpha value is -2.85. The van der Waals surface area contributed by atoms with Gasteiger partial charge >= 0.3 is 12.6 Å². The van der Waals surface area contributed by atoms with Crippen molar-refractivity contribution < 1.29 is 27.8 Å². The first-order valence-electron chi connectivity index (χ1n) is 6.93. The lowest BCUT2D eigenvalue weighted by atomic mass is 10.1. The molecule has 0 heterocycles. The summed E-state index contributed by atoms with van der Waals surface area (Å²) < 4.78 is 39.2. The van der Waals surface area contributed by atoms with Gasteiger partial charge in [-0.25, -0.2) is 4.79 Å². The first-order valence-corrected chi connectivity index (χ1v) is 7.31. The molecule has 0 radical (unpaired) electrons. The lowest BCUT2D eigenvalue weighted by Gasteiger charge is -2.13. The number of nitriles is 1. The van der Waals surface area contributed by atoms with Crippen molar-refractivity contribution >= 4 is 17.6 Å². The minimum absolute atomic E-state index is 0.00896. The van der Waals surface area contributed by atoms with Crippen molar-refractivity contribution in [3.05, 3.63) is 58.1 Å². The van der Waals surface area contributed by atoms with Gasteiger partial charge in [0.15, 0.2) is 11.5 Å². The molecule has 5 nitrogen and oxygen atoms in total. The van der Waals surface area contributed by atoms with E-state index in [2.05, 4.69) is 4.74 Å². The molecule has 0 aliphatic rings. The number of ether oxygens (including phenoxy) is 3. The third-order valence-corrected chi connectivity index (χ3v) is 3.37. The Kier molecular flexibility index (Phi) is 6.14. The summed E-state index contributed by atoms with van der Waals surface area (Å²) in [5.41, 5.74) is 0.968. The summed E-state index contributed by atoms with van der Waals surface area (Å²) >= 11 is 5.91. The minimum atomic E-state index is -3.05. The molecule has 2 rings (SSSR count). The summed E-state index contributed by atoms with van der Waals surface area (Å²) in [4.78, 5) is 12.0. The van der Waals surface area contributed by atoms with E-state index in [4.69, 9.17) is 26.3 Å². The van der Waals surface area contributed by atoms with Crippen LogP contribution in [0.25, 0.3) is 0 Å². The highest BCUT2D eigenvalue weighted by Gasteiger charge is 2.17. The van der Waals surface area contributed by atoms with Crippen molar-refractivity contribution in [1.29, 1.82) is 5.26 Å². The second-order valence-corrected chi connectivity index (χ2v) is 5.16. The third kappa shape index (κ3) is 4.81. The van der Waals surface area contributed by atoms with Crippen molar-refractivity contribution in [2.75, 3.05) is 7.11 Å². The van der Waals surface area contributed by atoms with Gasteiger partial charge in [-0.05, 0) is 35.9 Å². The average molecular weight is 368 g/mol. The summed E-state index contributed by atoms with van der Waals surface area (Å²) in [5.74, 6) is -0.943. The highest BCUT2D eigenvalue weighted by atomic mass is 35.5. The van der Waals surface area contributed by atoms with Crippen LogP contribution in [0.5, 0.6) is 11.5 Å². The van der Waals surface area contributed by atoms with Crippen LogP contribution < -0.4 is 9.47 Å². The Bertz CT molecular complexity index is 821. The summed E-state index contributed by atoms with van der Waals surface area (Å²) in [6.07, 6.45) is 0. The molecule has 0 aliphatic carbocycles. The highest BCUT2D eigenvalue weighted by Crippen LogP contribution is 2.37. The lowest BCUT2D eigenvalue weighted by Crippen LogP contribution is -2.07. The number of esters is 1. The van der Waals surface area contributed by atoms with Gasteiger partial charge in [0.05, 0.1) is 29.3 Å². The van der Waals surface area contributed by atoms with E-state index in [1.807, 2.05) is 6.07 Å². The number of benzene rings is 2. The Morgan fingerprint density at radius 2 is 2.08 bits per heavy atom. The normalized spacial score (nSPS) is 10.2. The molecular formula is C17H12ClF2NO4. The summed E-state index contributed by atoms with van der Waals surface area (Å²) in [5, 5.41) is 8.73. The molecule has 130 valence electrons. The maximum absolute atomic E-state index is 12.4. The van der Waals surface area contributed by atoms with Gasteiger partial charge in [0.1, 0.15) is 6.61 Å². The second kappa shape index (κ2) is 8.31. The molecule has 0 atom stereocenters. The first kappa shape index (κ1) is 18.5. The number of hydrogen-bond donors (Lipinski definition) is 0. The van der Waals surface area contributed by atoms with Crippen molar-refractivity contribution in [2.24, 2.45) is 0 Å². The number of methoxy groups -OCH3 is 1. The van der Waals surface area contributed by atoms with Crippen LogP contribution in [0.2, 0.25) is 5.02 Å². The Morgan fingerprint density at radius 3 is 2.72 bits per heavy atom. The first-order chi connectivity index (χ1) is 11.9. The van der Waals surface area contributed by atoms with Crippen LogP contribution in [-0.4, -0.2) is 19.7 Å². The number of rotatable bonds is 6. The molecular weight excluding hydrogens is 356 g/mol. The molecule has 0 N–H and O–H groups in total. The van der Waals surface area contributed by atoms with Gasteiger partial charge in [0.2, 0.25) is 0 Å². The maximum atomic E-state index is 12.4. The molecule has 2 aromatic carbocycles. The van der Waals surface area contributed by atoms with Gasteiger partial charge < -0.3 is 14.2 Å². The van der Waals surface area contributed by atoms with E-state index in [1.165, 1.54) is 31.4 Å². The Balaban J connectivity index is 2.13. The molecule has 0 bridgehead atoms. The largest absolute Gasteiger partial charge is 0.493 e. The van der Waals surface area contributed by atoms with E-state index < -0.39 is 12.6 Å². The molecule has 25 heavy (non-hydrogen) atoms. The van der Waals surface area contributed by atoms with Gasteiger partial charge in [-0.1, -0.05) is 17.7 Å². The predicted octanol–water partition coefficient (Wildman–Crippen LogP) is 4.18. The quantitative estimate of drug-likeness (QED) is 0.716. The number of nitrogens with zero attached hydrogens (tertiary/aromatic N) is 1. The van der Waals surface area contributed by atoms with Crippen LogP contribution in [0.4, 0.5) is 8.78 Å². The molecule has 0 saturated carbocycles. The molecule has 0 aliphatic heterocycles. The fraction of sp³-hybridized carbons (Fsp3) is 0.176. The number of carbonyl (C=O) groups is 1. The Morgan fingerprint density at radius 1 is 1.32 bits per heavy atom. The fourth-order valence-corrected chi connectivity index (χ4v) is 2.29. The maximum Gasteiger partial charge on any atom is 0.387 e. The van der Waals surface area contributed by atoms with Gasteiger partial charge in [-0.15, -0.1) is 0 Å². The molecule has 0 fully saturated rings. The zero-order valence-electron chi connectivity index (χ0n) is 13.0. The Labute approximate surface area is 147 Å². The van der Waals surface area contributed by atoms with E-state index in [0.29, 0.717) is 11.1 Å². The lowest BCUT2D eigenvalue weighted by molar-refractivity contribution is -0.0511. The number of halogens is 3. The zero-order chi connectivity index (χ0) is 18.4. The zero-order valence-corrected chi connectivity index (χ0v) is 13.7. The van der Waals surface area contributed by atoms with Crippen molar-refractivity contribution in [3.63, 3.8) is 0 Å². The van der Waals surface area contributed by atoms with Crippen LogP contribution in [-0.2, 0) is 11.3 Å². The standard InChI is InChI=1S/C17H12ClF2NO4/c1-23-14-7-11(6-13(18)15(14)25-17(19)20)9-24-16(22)12-4-2-3-10(5-12)8-21/h2-7,17H,9H2,1H3. The van der Waals surface area contributed by atoms with Crippen LogP contribution in [0, 0.1) is 11.3 Å². The smallest absolute Gasteiger partial charge is 0.387 e. The van der Waals surface area contributed by atoms with Crippen molar-refractivity contribution in [1.82, 2.24) is 0 Å². The average Bonchev–Trinajstić information content (AvgIpc) is 2.61. The minimum Gasteiger partial charge on any atom is -0.493 e. The van der Waals surface area contributed by atoms with Crippen molar-refractivity contribution in [2.45, 2.75) is 13.2 Å². The molecule has 2 aromatic rings. The van der Waals surface area contributed by atoms with E-state index >= 15 is 0 Å². The topological polar surface area (TPSA) is 68.5 Å².